The molecular weight excluding hydrogens is 260 g/mol. The third-order valence-electron chi connectivity index (χ3n) is 3.30. The fraction of sp³-hybridized carbons (Fsp3) is 0.500. The van der Waals surface area contributed by atoms with Gasteiger partial charge in [0, 0.05) is 12.2 Å². The van der Waals surface area contributed by atoms with Crippen LogP contribution in [0.5, 0.6) is 0 Å². The van der Waals surface area contributed by atoms with Crippen LogP contribution in [0.15, 0.2) is 18.3 Å². The molecule has 1 saturated heterocycles. The molecule has 1 aliphatic heterocycles. The van der Waals surface area contributed by atoms with Crippen LogP contribution in [-0.4, -0.2) is 45.6 Å². The first-order valence-electron chi connectivity index (χ1n) is 6.50. The van der Waals surface area contributed by atoms with Crippen LogP contribution >= 0.6 is 0 Å². The summed E-state index contributed by atoms with van der Waals surface area (Å²) in [4.78, 5) is 29.2. The molecule has 0 radical (unpaired) electrons. The van der Waals surface area contributed by atoms with Gasteiger partial charge in [0.05, 0.1) is 5.69 Å². The number of ether oxygens (including phenoxy) is 1. The topological polar surface area (TPSA) is 79.7 Å². The predicted molar refractivity (Wildman–Crippen MR) is 71.1 cm³/mol. The molecule has 1 amide bonds. The van der Waals surface area contributed by atoms with E-state index in [2.05, 4.69) is 4.98 Å². The SMILES string of the molecule is Cc1ccc(C2C(C(=O)O)OCC(=O)N2C(C)C)nc1. The summed E-state index contributed by atoms with van der Waals surface area (Å²) in [7, 11) is 0. The van der Waals surface area contributed by atoms with Crippen molar-refractivity contribution in [2.45, 2.75) is 39.0 Å². The molecule has 1 aliphatic rings. The monoisotopic (exact) mass is 278 g/mol. The highest BCUT2D eigenvalue weighted by Gasteiger charge is 2.43. The van der Waals surface area contributed by atoms with E-state index in [1.807, 2.05) is 26.8 Å². The Morgan fingerprint density at radius 1 is 1.50 bits per heavy atom. The number of carboxylic acid groups (broad SMARTS) is 1. The third kappa shape index (κ3) is 2.65. The molecule has 6 nitrogen and oxygen atoms in total. The molecule has 1 fully saturated rings. The number of aromatic nitrogens is 1. The van der Waals surface area contributed by atoms with Crippen molar-refractivity contribution in [2.75, 3.05) is 6.61 Å². The minimum Gasteiger partial charge on any atom is -0.479 e. The van der Waals surface area contributed by atoms with Crippen LogP contribution in [0.25, 0.3) is 0 Å². The van der Waals surface area contributed by atoms with Crippen LogP contribution in [0.2, 0.25) is 0 Å². The zero-order valence-corrected chi connectivity index (χ0v) is 11.7. The minimum atomic E-state index is -1.09. The van der Waals surface area contributed by atoms with E-state index in [0.29, 0.717) is 5.69 Å². The lowest BCUT2D eigenvalue weighted by Crippen LogP contribution is -2.54. The Balaban J connectivity index is 2.45. The predicted octanol–water partition coefficient (Wildman–Crippen LogP) is 1.15. The summed E-state index contributed by atoms with van der Waals surface area (Å²) in [6, 6.07) is 2.77. The summed E-state index contributed by atoms with van der Waals surface area (Å²) in [6.45, 7) is 5.39. The normalized spacial score (nSPS) is 23.2. The molecule has 0 aliphatic carbocycles. The highest BCUT2D eigenvalue weighted by molar-refractivity contribution is 5.83. The van der Waals surface area contributed by atoms with Crippen molar-refractivity contribution in [3.63, 3.8) is 0 Å². The molecule has 0 saturated carbocycles. The van der Waals surface area contributed by atoms with Crippen molar-refractivity contribution in [2.24, 2.45) is 0 Å². The first kappa shape index (κ1) is 14.5. The van der Waals surface area contributed by atoms with Crippen LogP contribution < -0.4 is 0 Å². The molecule has 6 heteroatoms. The molecule has 1 aromatic heterocycles. The van der Waals surface area contributed by atoms with E-state index in [-0.39, 0.29) is 18.6 Å². The Bertz CT molecular complexity index is 512. The number of hydrogen-bond donors (Lipinski definition) is 1. The van der Waals surface area contributed by atoms with Crippen molar-refractivity contribution in [3.8, 4) is 0 Å². The number of aliphatic carboxylic acids is 1. The first-order valence-corrected chi connectivity index (χ1v) is 6.50. The molecule has 2 heterocycles. The molecule has 2 rings (SSSR count). The van der Waals surface area contributed by atoms with Gasteiger partial charge in [-0.15, -0.1) is 0 Å². The Labute approximate surface area is 117 Å². The van der Waals surface area contributed by atoms with Gasteiger partial charge in [-0.05, 0) is 32.4 Å². The van der Waals surface area contributed by atoms with Gasteiger partial charge in [-0.1, -0.05) is 6.07 Å². The number of rotatable bonds is 3. The molecule has 108 valence electrons. The second-order valence-electron chi connectivity index (χ2n) is 5.17. The Morgan fingerprint density at radius 2 is 2.20 bits per heavy atom. The van der Waals surface area contributed by atoms with Crippen molar-refractivity contribution in [3.05, 3.63) is 29.6 Å². The summed E-state index contributed by atoms with van der Waals surface area (Å²) >= 11 is 0. The molecule has 2 unspecified atom stereocenters. The molecule has 1 N–H and O–H groups in total. The summed E-state index contributed by atoms with van der Waals surface area (Å²) < 4.78 is 5.20. The van der Waals surface area contributed by atoms with Gasteiger partial charge in [-0.3, -0.25) is 9.78 Å². The number of hydrogen-bond acceptors (Lipinski definition) is 4. The maximum Gasteiger partial charge on any atom is 0.335 e. The van der Waals surface area contributed by atoms with E-state index in [0.717, 1.165) is 5.56 Å². The molecule has 20 heavy (non-hydrogen) atoms. The zero-order chi connectivity index (χ0) is 14.9. The molecule has 0 spiro atoms. The molecule has 1 aromatic rings. The molecule has 2 atom stereocenters. The van der Waals surface area contributed by atoms with Gasteiger partial charge < -0.3 is 14.7 Å². The maximum absolute atomic E-state index is 12.0. The van der Waals surface area contributed by atoms with Gasteiger partial charge in [-0.25, -0.2) is 4.79 Å². The van der Waals surface area contributed by atoms with Crippen molar-refractivity contribution >= 4 is 11.9 Å². The van der Waals surface area contributed by atoms with Crippen molar-refractivity contribution < 1.29 is 19.4 Å². The zero-order valence-electron chi connectivity index (χ0n) is 11.7. The second kappa shape index (κ2) is 5.58. The van der Waals surface area contributed by atoms with Crippen LogP contribution in [0.4, 0.5) is 0 Å². The third-order valence-corrected chi connectivity index (χ3v) is 3.30. The van der Waals surface area contributed by atoms with Gasteiger partial charge in [0.25, 0.3) is 0 Å². The van der Waals surface area contributed by atoms with Gasteiger partial charge in [0.15, 0.2) is 6.10 Å². The van der Waals surface area contributed by atoms with Gasteiger partial charge in [0.2, 0.25) is 5.91 Å². The first-order chi connectivity index (χ1) is 9.41. The fourth-order valence-corrected chi connectivity index (χ4v) is 2.40. The average Bonchev–Trinajstić information content (AvgIpc) is 2.38. The summed E-state index contributed by atoms with van der Waals surface area (Å²) in [5.41, 5.74) is 1.50. The lowest BCUT2D eigenvalue weighted by Gasteiger charge is -2.41. The Hall–Kier alpha value is -1.95. The number of carboxylic acids is 1. The highest BCUT2D eigenvalue weighted by Crippen LogP contribution is 2.31. The number of aryl methyl sites for hydroxylation is 1. The second-order valence-corrected chi connectivity index (χ2v) is 5.17. The number of morpholine rings is 1. The minimum absolute atomic E-state index is 0.124. The quantitative estimate of drug-likeness (QED) is 0.897. The average molecular weight is 278 g/mol. The van der Waals surface area contributed by atoms with E-state index in [1.54, 1.807) is 17.2 Å². The smallest absolute Gasteiger partial charge is 0.335 e. The number of amides is 1. The van der Waals surface area contributed by atoms with Crippen molar-refractivity contribution in [1.29, 1.82) is 0 Å². The van der Waals surface area contributed by atoms with E-state index in [4.69, 9.17) is 4.74 Å². The van der Waals surface area contributed by atoms with Gasteiger partial charge in [-0.2, -0.15) is 0 Å². The summed E-state index contributed by atoms with van der Waals surface area (Å²) in [6.07, 6.45) is 0.566. The van der Waals surface area contributed by atoms with Crippen molar-refractivity contribution in [1.82, 2.24) is 9.88 Å². The van der Waals surface area contributed by atoms with E-state index >= 15 is 0 Å². The molecule has 0 aromatic carbocycles. The fourth-order valence-electron chi connectivity index (χ4n) is 2.40. The van der Waals surface area contributed by atoms with Crippen LogP contribution in [0.1, 0.15) is 31.1 Å². The van der Waals surface area contributed by atoms with Gasteiger partial charge >= 0.3 is 5.97 Å². The number of pyridine rings is 1. The Morgan fingerprint density at radius 3 is 2.70 bits per heavy atom. The summed E-state index contributed by atoms with van der Waals surface area (Å²) in [5.74, 6) is -1.31. The largest absolute Gasteiger partial charge is 0.479 e. The summed E-state index contributed by atoms with van der Waals surface area (Å²) in [5, 5.41) is 9.32. The number of carbonyl (C=O) groups is 2. The Kier molecular flexibility index (Phi) is 4.04. The van der Waals surface area contributed by atoms with E-state index < -0.39 is 18.1 Å². The van der Waals surface area contributed by atoms with E-state index in [1.165, 1.54) is 0 Å². The standard InChI is InChI=1S/C14H18N2O4/c1-8(2)16-11(17)7-20-13(14(18)19)12(16)10-5-4-9(3)6-15-10/h4-6,8,12-13H,7H2,1-3H3,(H,18,19). The lowest BCUT2D eigenvalue weighted by molar-refractivity contribution is -0.175. The van der Waals surface area contributed by atoms with Gasteiger partial charge in [0.1, 0.15) is 12.6 Å². The maximum atomic E-state index is 12.0. The molecule has 0 bridgehead atoms. The number of carbonyl (C=O) groups excluding carboxylic acids is 1. The number of nitrogens with zero attached hydrogens (tertiary/aromatic N) is 2. The van der Waals surface area contributed by atoms with E-state index in [9.17, 15) is 14.7 Å². The van der Waals surface area contributed by atoms with Crippen LogP contribution in [-0.2, 0) is 14.3 Å². The lowest BCUT2D eigenvalue weighted by atomic mass is 10.0. The molecular formula is C14H18N2O4. The van der Waals surface area contributed by atoms with Crippen LogP contribution in [0.3, 0.4) is 0 Å². The highest BCUT2D eigenvalue weighted by atomic mass is 16.5. The van der Waals surface area contributed by atoms with Crippen LogP contribution in [0, 0.1) is 6.92 Å².